The lowest BCUT2D eigenvalue weighted by Crippen LogP contribution is -2.25. The van der Waals surface area contributed by atoms with Gasteiger partial charge in [0.2, 0.25) is 10.9 Å². The number of anilines is 1. The summed E-state index contributed by atoms with van der Waals surface area (Å²) in [7, 11) is 0. The fraction of sp³-hybridized carbons (Fsp3) is 0.444. The zero-order valence-electron chi connectivity index (χ0n) is 14.6. The van der Waals surface area contributed by atoms with Crippen LogP contribution in [0.1, 0.15) is 47.9 Å². The molecule has 0 aliphatic heterocycles. The first-order chi connectivity index (χ1) is 12.0. The van der Waals surface area contributed by atoms with Gasteiger partial charge >= 0.3 is 0 Å². The van der Waals surface area contributed by atoms with Gasteiger partial charge in [-0.1, -0.05) is 43.4 Å². The van der Waals surface area contributed by atoms with E-state index in [0.29, 0.717) is 30.2 Å². The Bertz CT molecular complexity index is 685. The molecule has 0 saturated carbocycles. The van der Waals surface area contributed by atoms with E-state index in [0.717, 1.165) is 23.7 Å². The molecule has 134 valence electrons. The van der Waals surface area contributed by atoms with Crippen molar-refractivity contribution < 1.29 is 9.59 Å². The van der Waals surface area contributed by atoms with Gasteiger partial charge in [0.1, 0.15) is 5.01 Å². The molecule has 1 aromatic heterocycles. The quantitative estimate of drug-likeness (QED) is 0.719. The SMILES string of the molecule is CC(C)CCNC(=O)CCCc1nnc(C(=O)Nc2ccccc2)s1. The van der Waals surface area contributed by atoms with Crippen molar-refractivity contribution in [1.29, 1.82) is 0 Å². The summed E-state index contributed by atoms with van der Waals surface area (Å²) in [6, 6.07) is 9.23. The summed E-state index contributed by atoms with van der Waals surface area (Å²) in [6.45, 7) is 4.99. The molecular formula is C18H24N4O2S. The van der Waals surface area contributed by atoms with Gasteiger partial charge < -0.3 is 10.6 Å². The molecule has 0 spiro atoms. The lowest BCUT2D eigenvalue weighted by molar-refractivity contribution is -0.121. The van der Waals surface area contributed by atoms with E-state index in [9.17, 15) is 9.59 Å². The van der Waals surface area contributed by atoms with E-state index in [-0.39, 0.29) is 11.8 Å². The average Bonchev–Trinajstić information content (AvgIpc) is 3.04. The molecule has 2 aromatic rings. The first kappa shape index (κ1) is 19.1. The van der Waals surface area contributed by atoms with E-state index in [2.05, 4.69) is 34.7 Å². The van der Waals surface area contributed by atoms with Crippen molar-refractivity contribution in [2.45, 2.75) is 39.5 Å². The summed E-state index contributed by atoms with van der Waals surface area (Å²) < 4.78 is 0. The number of para-hydroxylation sites is 1. The first-order valence-electron chi connectivity index (χ1n) is 8.50. The van der Waals surface area contributed by atoms with E-state index in [1.165, 1.54) is 11.3 Å². The smallest absolute Gasteiger partial charge is 0.286 e. The molecule has 0 fully saturated rings. The molecule has 0 atom stereocenters. The lowest BCUT2D eigenvalue weighted by Gasteiger charge is -2.06. The van der Waals surface area contributed by atoms with Crippen LogP contribution in [-0.4, -0.2) is 28.6 Å². The van der Waals surface area contributed by atoms with Crippen molar-refractivity contribution in [1.82, 2.24) is 15.5 Å². The van der Waals surface area contributed by atoms with Gasteiger partial charge in [-0.2, -0.15) is 0 Å². The molecule has 1 aromatic carbocycles. The molecule has 2 N–H and O–H groups in total. The number of hydrogen-bond donors (Lipinski definition) is 2. The van der Waals surface area contributed by atoms with Crippen LogP contribution in [0, 0.1) is 5.92 Å². The van der Waals surface area contributed by atoms with Gasteiger partial charge in [-0.05, 0) is 30.9 Å². The predicted octanol–water partition coefficient (Wildman–Crippen LogP) is 3.28. The van der Waals surface area contributed by atoms with Gasteiger partial charge in [-0.3, -0.25) is 9.59 Å². The van der Waals surface area contributed by atoms with E-state index in [4.69, 9.17) is 0 Å². The van der Waals surface area contributed by atoms with Crippen molar-refractivity contribution in [3.63, 3.8) is 0 Å². The summed E-state index contributed by atoms with van der Waals surface area (Å²) in [6.07, 6.45) is 2.79. The van der Waals surface area contributed by atoms with Crippen LogP contribution in [0.2, 0.25) is 0 Å². The van der Waals surface area contributed by atoms with Crippen LogP contribution in [0.3, 0.4) is 0 Å². The Balaban J connectivity index is 1.72. The number of carbonyl (C=O) groups excluding carboxylic acids is 2. The number of rotatable bonds is 9. The minimum atomic E-state index is -0.263. The second-order valence-corrected chi connectivity index (χ2v) is 7.27. The summed E-state index contributed by atoms with van der Waals surface area (Å²) in [5.74, 6) is 0.385. The van der Waals surface area contributed by atoms with Crippen LogP contribution < -0.4 is 10.6 Å². The van der Waals surface area contributed by atoms with Gasteiger partial charge in [-0.15, -0.1) is 10.2 Å². The minimum absolute atomic E-state index is 0.0622. The molecule has 0 saturated heterocycles. The molecule has 1 heterocycles. The maximum atomic E-state index is 12.1. The van der Waals surface area contributed by atoms with Crippen LogP contribution in [0.15, 0.2) is 30.3 Å². The Labute approximate surface area is 152 Å². The Morgan fingerprint density at radius 1 is 1.16 bits per heavy atom. The standard InChI is InChI=1S/C18H24N4O2S/c1-13(2)11-12-19-15(23)9-6-10-16-21-22-18(25-16)17(24)20-14-7-4-3-5-8-14/h3-5,7-8,13H,6,9-12H2,1-2H3,(H,19,23)(H,20,24). The largest absolute Gasteiger partial charge is 0.356 e. The molecular weight excluding hydrogens is 336 g/mol. The van der Waals surface area contributed by atoms with Crippen LogP contribution in [0.4, 0.5) is 5.69 Å². The number of aryl methyl sites for hydroxylation is 1. The number of benzene rings is 1. The van der Waals surface area contributed by atoms with E-state index in [1.54, 1.807) is 0 Å². The molecule has 6 nitrogen and oxygen atoms in total. The van der Waals surface area contributed by atoms with Crippen LogP contribution in [0.5, 0.6) is 0 Å². The molecule has 0 aliphatic carbocycles. The average molecular weight is 360 g/mol. The first-order valence-corrected chi connectivity index (χ1v) is 9.31. The Kier molecular flexibility index (Phi) is 7.53. The molecule has 0 bridgehead atoms. The zero-order chi connectivity index (χ0) is 18.1. The molecule has 7 heteroatoms. The Hall–Kier alpha value is -2.28. The Morgan fingerprint density at radius 2 is 1.92 bits per heavy atom. The summed E-state index contributed by atoms with van der Waals surface area (Å²) in [4.78, 5) is 23.8. The van der Waals surface area contributed by atoms with E-state index in [1.807, 2.05) is 30.3 Å². The van der Waals surface area contributed by atoms with Crippen molar-refractivity contribution in [3.8, 4) is 0 Å². The van der Waals surface area contributed by atoms with Gasteiger partial charge in [-0.25, -0.2) is 0 Å². The molecule has 2 rings (SSSR count). The maximum absolute atomic E-state index is 12.1. The Morgan fingerprint density at radius 3 is 2.64 bits per heavy atom. The number of hydrogen-bond acceptors (Lipinski definition) is 5. The number of amides is 2. The number of nitrogens with one attached hydrogen (secondary N) is 2. The highest BCUT2D eigenvalue weighted by molar-refractivity contribution is 7.13. The monoisotopic (exact) mass is 360 g/mol. The lowest BCUT2D eigenvalue weighted by atomic mass is 10.1. The molecule has 0 unspecified atom stereocenters. The van der Waals surface area contributed by atoms with E-state index >= 15 is 0 Å². The summed E-state index contributed by atoms with van der Waals surface area (Å²) >= 11 is 1.27. The van der Waals surface area contributed by atoms with Crippen molar-refractivity contribution in [2.75, 3.05) is 11.9 Å². The van der Waals surface area contributed by atoms with Crippen molar-refractivity contribution in [3.05, 3.63) is 40.3 Å². The van der Waals surface area contributed by atoms with E-state index < -0.39 is 0 Å². The van der Waals surface area contributed by atoms with Crippen molar-refractivity contribution >= 4 is 28.8 Å². The summed E-state index contributed by atoms with van der Waals surface area (Å²) in [5, 5.41) is 14.8. The summed E-state index contributed by atoms with van der Waals surface area (Å²) in [5.41, 5.74) is 0.724. The molecule has 25 heavy (non-hydrogen) atoms. The van der Waals surface area contributed by atoms with Gasteiger partial charge in [0.25, 0.3) is 5.91 Å². The fourth-order valence-corrected chi connectivity index (χ4v) is 2.92. The van der Waals surface area contributed by atoms with Gasteiger partial charge in [0, 0.05) is 25.1 Å². The molecule has 0 radical (unpaired) electrons. The fourth-order valence-electron chi connectivity index (χ4n) is 2.14. The van der Waals surface area contributed by atoms with Gasteiger partial charge in [0.05, 0.1) is 0 Å². The topological polar surface area (TPSA) is 84.0 Å². The normalized spacial score (nSPS) is 10.7. The molecule has 0 aliphatic rings. The second-order valence-electron chi connectivity index (χ2n) is 6.21. The highest BCUT2D eigenvalue weighted by Crippen LogP contribution is 2.15. The van der Waals surface area contributed by atoms with Gasteiger partial charge in [0.15, 0.2) is 0 Å². The third-order valence-electron chi connectivity index (χ3n) is 3.53. The predicted molar refractivity (Wildman–Crippen MR) is 99.7 cm³/mol. The highest BCUT2D eigenvalue weighted by Gasteiger charge is 2.13. The number of aromatic nitrogens is 2. The third kappa shape index (κ3) is 7.01. The number of carbonyl (C=O) groups is 2. The second kappa shape index (κ2) is 9.88. The molecule has 2 amide bonds. The zero-order valence-corrected chi connectivity index (χ0v) is 15.4. The number of nitrogens with zero attached hydrogens (tertiary/aromatic N) is 2. The van der Waals surface area contributed by atoms with Crippen LogP contribution in [-0.2, 0) is 11.2 Å². The third-order valence-corrected chi connectivity index (χ3v) is 4.51. The highest BCUT2D eigenvalue weighted by atomic mass is 32.1. The van der Waals surface area contributed by atoms with Crippen molar-refractivity contribution in [2.24, 2.45) is 5.92 Å². The minimum Gasteiger partial charge on any atom is -0.356 e. The van der Waals surface area contributed by atoms with Crippen LogP contribution in [0.25, 0.3) is 0 Å². The maximum Gasteiger partial charge on any atom is 0.286 e. The van der Waals surface area contributed by atoms with Crippen LogP contribution >= 0.6 is 11.3 Å².